The van der Waals surface area contributed by atoms with Crippen molar-refractivity contribution in [1.29, 1.82) is 0 Å². The number of nitrogens with one attached hydrogen (secondary N) is 1. The van der Waals surface area contributed by atoms with Crippen LogP contribution in [0.3, 0.4) is 0 Å². The molecule has 21 heavy (non-hydrogen) atoms. The zero-order valence-corrected chi connectivity index (χ0v) is 13.6. The van der Waals surface area contributed by atoms with Gasteiger partial charge in [-0.3, -0.25) is 4.72 Å². The Bertz CT molecular complexity index is 811. The van der Waals surface area contributed by atoms with Crippen molar-refractivity contribution in [2.45, 2.75) is 11.8 Å². The highest BCUT2D eigenvalue weighted by Gasteiger charge is 2.21. The average Bonchev–Trinajstić information content (AvgIpc) is 2.39. The molecule has 3 N–H and O–H groups in total. The number of anilines is 2. The highest BCUT2D eigenvalue weighted by Crippen LogP contribution is 2.30. The largest absolute Gasteiger partial charge is 0.397 e. The van der Waals surface area contributed by atoms with E-state index in [1.807, 2.05) is 0 Å². The molecule has 0 fully saturated rings. The van der Waals surface area contributed by atoms with Crippen molar-refractivity contribution < 1.29 is 8.42 Å². The lowest BCUT2D eigenvalue weighted by atomic mass is 10.2. The van der Waals surface area contributed by atoms with E-state index in [0.29, 0.717) is 5.56 Å². The molecular formula is C11H9Cl3N4O2S. The summed E-state index contributed by atoms with van der Waals surface area (Å²) < 4.78 is 27.0. The minimum Gasteiger partial charge on any atom is -0.397 e. The summed E-state index contributed by atoms with van der Waals surface area (Å²) in [6, 6.07) is 2.72. The van der Waals surface area contributed by atoms with E-state index in [2.05, 4.69) is 14.7 Å². The second kappa shape index (κ2) is 5.84. The third kappa shape index (κ3) is 3.32. The quantitative estimate of drug-likeness (QED) is 0.641. The summed E-state index contributed by atoms with van der Waals surface area (Å²) in [5.41, 5.74) is 6.21. The fourth-order valence-corrected chi connectivity index (χ4v) is 3.40. The SMILES string of the molecule is Cc1cc(Cl)c(N)cc1S(=O)(=O)Nc1ncnc(Cl)c1Cl. The predicted molar refractivity (Wildman–Crippen MR) is 83.5 cm³/mol. The Hall–Kier alpha value is -1.28. The van der Waals surface area contributed by atoms with Crippen molar-refractivity contribution in [3.05, 3.63) is 39.2 Å². The van der Waals surface area contributed by atoms with Crippen LogP contribution in [0.15, 0.2) is 23.4 Å². The molecule has 1 aromatic heterocycles. The highest BCUT2D eigenvalue weighted by atomic mass is 35.5. The summed E-state index contributed by atoms with van der Waals surface area (Å²) in [5.74, 6) is -0.121. The zero-order valence-electron chi connectivity index (χ0n) is 10.6. The van der Waals surface area contributed by atoms with Crippen LogP contribution in [0.1, 0.15) is 5.56 Å². The Kier molecular flexibility index (Phi) is 4.48. The van der Waals surface area contributed by atoms with Crippen LogP contribution in [-0.2, 0) is 10.0 Å². The summed E-state index contributed by atoms with van der Waals surface area (Å²) >= 11 is 17.4. The summed E-state index contributed by atoms with van der Waals surface area (Å²) in [7, 11) is -3.94. The lowest BCUT2D eigenvalue weighted by molar-refractivity contribution is 0.600. The van der Waals surface area contributed by atoms with Gasteiger partial charge in [-0.15, -0.1) is 0 Å². The van der Waals surface area contributed by atoms with Crippen molar-refractivity contribution in [2.75, 3.05) is 10.5 Å². The number of aryl methyl sites for hydroxylation is 1. The van der Waals surface area contributed by atoms with Gasteiger partial charge in [-0.05, 0) is 24.6 Å². The van der Waals surface area contributed by atoms with E-state index in [-0.39, 0.29) is 31.6 Å². The first-order valence-corrected chi connectivity index (χ1v) is 8.08. The topological polar surface area (TPSA) is 98.0 Å². The van der Waals surface area contributed by atoms with Gasteiger partial charge in [0.05, 0.1) is 15.6 Å². The smallest absolute Gasteiger partial charge is 0.263 e. The van der Waals surface area contributed by atoms with Crippen molar-refractivity contribution in [2.24, 2.45) is 0 Å². The van der Waals surface area contributed by atoms with Crippen LogP contribution in [0.25, 0.3) is 0 Å². The van der Waals surface area contributed by atoms with Gasteiger partial charge in [-0.1, -0.05) is 34.8 Å². The van der Waals surface area contributed by atoms with Gasteiger partial charge in [0.2, 0.25) is 0 Å². The molecule has 0 aliphatic heterocycles. The van der Waals surface area contributed by atoms with E-state index >= 15 is 0 Å². The number of nitrogen functional groups attached to an aromatic ring is 1. The zero-order chi connectivity index (χ0) is 15.8. The number of aromatic nitrogens is 2. The van der Waals surface area contributed by atoms with Crippen LogP contribution in [-0.4, -0.2) is 18.4 Å². The average molecular weight is 368 g/mol. The Balaban J connectivity index is 2.48. The molecule has 2 rings (SSSR count). The van der Waals surface area contributed by atoms with Gasteiger partial charge >= 0.3 is 0 Å². The summed E-state index contributed by atoms with van der Waals surface area (Å²) in [6.07, 6.45) is 1.09. The van der Waals surface area contributed by atoms with Crippen LogP contribution in [0.5, 0.6) is 0 Å². The first kappa shape index (κ1) is 16.1. The molecule has 0 saturated heterocycles. The fourth-order valence-electron chi connectivity index (χ4n) is 1.56. The number of halogens is 3. The number of nitrogens with zero attached hydrogens (tertiary/aromatic N) is 2. The monoisotopic (exact) mass is 366 g/mol. The van der Waals surface area contributed by atoms with Crippen LogP contribution in [0.2, 0.25) is 15.2 Å². The standard InChI is InChI=1S/C11H9Cl3N4O2S/c1-5-2-6(12)7(15)3-8(5)21(19,20)18-11-9(13)10(14)16-4-17-11/h2-4H,15H2,1H3,(H,16,17,18). The van der Waals surface area contributed by atoms with E-state index in [1.165, 1.54) is 12.1 Å². The molecule has 0 saturated carbocycles. The Morgan fingerprint density at radius 3 is 2.52 bits per heavy atom. The molecule has 0 aliphatic carbocycles. The molecular weight excluding hydrogens is 359 g/mol. The maximum Gasteiger partial charge on any atom is 0.263 e. The molecule has 1 heterocycles. The van der Waals surface area contributed by atoms with Gasteiger partial charge in [0.25, 0.3) is 10.0 Å². The molecule has 0 bridgehead atoms. The van der Waals surface area contributed by atoms with E-state index in [9.17, 15) is 8.42 Å². The second-order valence-electron chi connectivity index (χ2n) is 4.07. The molecule has 0 spiro atoms. The van der Waals surface area contributed by atoms with E-state index < -0.39 is 10.0 Å². The van der Waals surface area contributed by atoms with Crippen LogP contribution in [0.4, 0.5) is 11.5 Å². The van der Waals surface area contributed by atoms with Crippen LogP contribution in [0, 0.1) is 6.92 Å². The lowest BCUT2D eigenvalue weighted by Gasteiger charge is -2.12. The van der Waals surface area contributed by atoms with Gasteiger partial charge in [-0.25, -0.2) is 18.4 Å². The molecule has 1 aromatic carbocycles. The minimum atomic E-state index is -3.94. The fraction of sp³-hybridized carbons (Fsp3) is 0.0909. The Morgan fingerprint density at radius 2 is 1.86 bits per heavy atom. The molecule has 6 nitrogen and oxygen atoms in total. The second-order valence-corrected chi connectivity index (χ2v) is 6.87. The summed E-state index contributed by atoms with van der Waals surface area (Å²) in [4.78, 5) is 7.35. The van der Waals surface area contributed by atoms with Gasteiger partial charge in [0.15, 0.2) is 11.0 Å². The molecule has 10 heteroatoms. The third-order valence-electron chi connectivity index (χ3n) is 2.56. The molecule has 0 atom stereocenters. The number of hydrogen-bond donors (Lipinski definition) is 2. The maximum atomic E-state index is 12.4. The highest BCUT2D eigenvalue weighted by molar-refractivity contribution is 7.92. The number of rotatable bonds is 3. The number of sulfonamides is 1. The van der Waals surface area contributed by atoms with E-state index in [0.717, 1.165) is 6.33 Å². The summed E-state index contributed by atoms with van der Waals surface area (Å²) in [5, 5.41) is 0.119. The first-order valence-electron chi connectivity index (χ1n) is 5.47. The Morgan fingerprint density at radius 1 is 1.19 bits per heavy atom. The van der Waals surface area contributed by atoms with Crippen LogP contribution < -0.4 is 10.5 Å². The number of hydrogen-bond acceptors (Lipinski definition) is 5. The third-order valence-corrected chi connectivity index (χ3v) is 5.11. The predicted octanol–water partition coefficient (Wildman–Crippen LogP) is 3.13. The Labute approximate surface area is 136 Å². The van der Waals surface area contributed by atoms with Crippen LogP contribution >= 0.6 is 34.8 Å². The normalized spacial score (nSPS) is 11.4. The molecule has 0 radical (unpaired) electrons. The van der Waals surface area contributed by atoms with Gasteiger partial charge in [-0.2, -0.15) is 0 Å². The number of benzene rings is 1. The van der Waals surface area contributed by atoms with Crippen molar-refractivity contribution in [3.8, 4) is 0 Å². The van der Waals surface area contributed by atoms with E-state index in [1.54, 1.807) is 6.92 Å². The molecule has 2 aromatic rings. The molecule has 0 unspecified atom stereocenters. The minimum absolute atomic E-state index is 0.0322. The maximum absolute atomic E-state index is 12.4. The summed E-state index contributed by atoms with van der Waals surface area (Å²) in [6.45, 7) is 1.59. The van der Waals surface area contributed by atoms with Gasteiger partial charge in [0.1, 0.15) is 11.3 Å². The lowest BCUT2D eigenvalue weighted by Crippen LogP contribution is -2.16. The van der Waals surface area contributed by atoms with Crippen molar-refractivity contribution in [1.82, 2.24) is 9.97 Å². The molecule has 0 aliphatic rings. The van der Waals surface area contributed by atoms with Gasteiger partial charge in [0, 0.05) is 0 Å². The first-order chi connectivity index (χ1) is 9.72. The van der Waals surface area contributed by atoms with Crippen molar-refractivity contribution in [3.63, 3.8) is 0 Å². The van der Waals surface area contributed by atoms with Crippen molar-refractivity contribution >= 4 is 56.3 Å². The van der Waals surface area contributed by atoms with Gasteiger partial charge < -0.3 is 5.73 Å². The molecule has 0 amide bonds. The number of nitrogens with two attached hydrogens (primary N) is 1. The molecule has 112 valence electrons. The van der Waals surface area contributed by atoms with E-state index in [4.69, 9.17) is 40.5 Å².